The van der Waals surface area contributed by atoms with Gasteiger partial charge in [-0.25, -0.2) is 0 Å². The molecule has 0 amide bonds. The van der Waals surface area contributed by atoms with Crippen molar-refractivity contribution < 1.29 is 4.74 Å². The number of para-hydroxylation sites is 2. The fourth-order valence-electron chi connectivity index (χ4n) is 1.94. The summed E-state index contributed by atoms with van der Waals surface area (Å²) in [6.45, 7) is 5.99. The molecular weight excluding hydrogens is 305 g/mol. The van der Waals surface area contributed by atoms with Crippen LogP contribution in [0.25, 0.3) is 0 Å². The summed E-state index contributed by atoms with van der Waals surface area (Å²) in [6, 6.07) is 13.1. The van der Waals surface area contributed by atoms with Crippen molar-refractivity contribution in [3.63, 3.8) is 0 Å². The molecule has 0 aliphatic heterocycles. The monoisotopic (exact) mass is 323 g/mol. The zero-order valence-corrected chi connectivity index (χ0v) is 13.7. The number of benzene rings is 2. The van der Waals surface area contributed by atoms with Gasteiger partial charge in [-0.3, -0.25) is 0 Å². The summed E-state index contributed by atoms with van der Waals surface area (Å²) < 4.78 is 5.92. The Labute approximate surface area is 136 Å². The molecule has 21 heavy (non-hydrogen) atoms. The molecule has 112 valence electrons. The van der Waals surface area contributed by atoms with E-state index < -0.39 is 0 Å². The highest BCUT2D eigenvalue weighted by Crippen LogP contribution is 2.35. The number of hydrogen-bond donors (Lipinski definition) is 1. The summed E-state index contributed by atoms with van der Waals surface area (Å²) in [6.07, 6.45) is 0. The average molecular weight is 324 g/mol. The van der Waals surface area contributed by atoms with Gasteiger partial charge in [0.2, 0.25) is 0 Å². The Bertz CT molecular complexity index is 599. The van der Waals surface area contributed by atoms with Crippen LogP contribution in [0.1, 0.15) is 19.4 Å². The van der Waals surface area contributed by atoms with Crippen LogP contribution in [0, 0.1) is 5.92 Å². The number of nitrogens with one attached hydrogen (secondary N) is 1. The van der Waals surface area contributed by atoms with Crippen LogP contribution in [-0.2, 0) is 6.54 Å². The minimum absolute atomic E-state index is 0.568. The topological polar surface area (TPSA) is 21.3 Å². The molecule has 2 rings (SSSR count). The van der Waals surface area contributed by atoms with Crippen LogP contribution in [0.2, 0.25) is 10.0 Å². The Morgan fingerprint density at radius 1 is 1.00 bits per heavy atom. The summed E-state index contributed by atoms with van der Waals surface area (Å²) in [7, 11) is 0. The van der Waals surface area contributed by atoms with E-state index in [1.807, 2.05) is 36.4 Å². The molecule has 2 aromatic rings. The minimum Gasteiger partial charge on any atom is -0.454 e. The zero-order valence-electron chi connectivity index (χ0n) is 12.2. The van der Waals surface area contributed by atoms with E-state index in [2.05, 4.69) is 19.2 Å². The second-order valence-corrected chi connectivity index (χ2v) is 6.10. The molecule has 0 saturated heterocycles. The van der Waals surface area contributed by atoms with Crippen molar-refractivity contribution in [2.45, 2.75) is 20.4 Å². The maximum Gasteiger partial charge on any atom is 0.150 e. The van der Waals surface area contributed by atoms with E-state index in [1.165, 1.54) is 0 Å². The standard InChI is InChI=1S/C17H19Cl2NO/c1-12(2)10-20-11-13-6-5-8-15(19)17(13)21-16-9-4-3-7-14(16)18/h3-9,12,20H,10-11H2,1-2H3. The van der Waals surface area contributed by atoms with E-state index in [0.717, 1.165) is 12.1 Å². The Balaban J connectivity index is 2.20. The van der Waals surface area contributed by atoms with Crippen LogP contribution in [0.5, 0.6) is 11.5 Å². The van der Waals surface area contributed by atoms with Crippen molar-refractivity contribution >= 4 is 23.2 Å². The predicted octanol–water partition coefficient (Wildman–Crippen LogP) is 5.53. The summed E-state index contributed by atoms with van der Waals surface area (Å²) >= 11 is 12.4. The number of rotatable bonds is 6. The van der Waals surface area contributed by atoms with E-state index in [0.29, 0.717) is 34.0 Å². The molecule has 0 saturated carbocycles. The first kappa shape index (κ1) is 16.2. The highest BCUT2D eigenvalue weighted by molar-refractivity contribution is 6.33. The van der Waals surface area contributed by atoms with Crippen molar-refractivity contribution in [1.29, 1.82) is 0 Å². The lowest BCUT2D eigenvalue weighted by Gasteiger charge is -2.15. The predicted molar refractivity (Wildman–Crippen MR) is 89.5 cm³/mol. The zero-order chi connectivity index (χ0) is 15.2. The van der Waals surface area contributed by atoms with Gasteiger partial charge in [0, 0.05) is 12.1 Å². The largest absolute Gasteiger partial charge is 0.454 e. The molecule has 2 aromatic carbocycles. The lowest BCUT2D eigenvalue weighted by molar-refractivity contribution is 0.469. The van der Waals surface area contributed by atoms with Gasteiger partial charge in [0.1, 0.15) is 5.75 Å². The maximum absolute atomic E-state index is 6.28. The first-order valence-electron chi connectivity index (χ1n) is 6.98. The number of halogens is 2. The van der Waals surface area contributed by atoms with Gasteiger partial charge in [0.05, 0.1) is 10.0 Å². The van der Waals surface area contributed by atoms with E-state index in [9.17, 15) is 0 Å². The van der Waals surface area contributed by atoms with Crippen LogP contribution < -0.4 is 10.1 Å². The molecular formula is C17H19Cl2NO. The van der Waals surface area contributed by atoms with Gasteiger partial charge in [-0.05, 0) is 30.7 Å². The van der Waals surface area contributed by atoms with Gasteiger partial charge in [-0.15, -0.1) is 0 Å². The smallest absolute Gasteiger partial charge is 0.150 e. The van der Waals surface area contributed by atoms with Crippen molar-refractivity contribution in [2.24, 2.45) is 5.92 Å². The van der Waals surface area contributed by atoms with Gasteiger partial charge < -0.3 is 10.1 Å². The minimum atomic E-state index is 0.568. The fraction of sp³-hybridized carbons (Fsp3) is 0.294. The van der Waals surface area contributed by atoms with Crippen LogP contribution >= 0.6 is 23.2 Å². The number of ether oxygens (including phenoxy) is 1. The first-order valence-corrected chi connectivity index (χ1v) is 7.74. The summed E-state index contributed by atoms with van der Waals surface area (Å²) in [5, 5.41) is 4.55. The van der Waals surface area contributed by atoms with Gasteiger partial charge in [-0.1, -0.05) is 61.3 Å². The molecule has 0 fully saturated rings. The molecule has 4 heteroatoms. The molecule has 0 atom stereocenters. The SMILES string of the molecule is CC(C)CNCc1cccc(Cl)c1Oc1ccccc1Cl. The van der Waals surface area contributed by atoms with Gasteiger partial charge in [-0.2, -0.15) is 0 Å². The highest BCUT2D eigenvalue weighted by atomic mass is 35.5. The first-order chi connectivity index (χ1) is 10.1. The van der Waals surface area contributed by atoms with Crippen molar-refractivity contribution in [3.8, 4) is 11.5 Å². The molecule has 0 aromatic heterocycles. The molecule has 0 aliphatic rings. The molecule has 1 N–H and O–H groups in total. The van der Waals surface area contributed by atoms with Crippen molar-refractivity contribution in [2.75, 3.05) is 6.54 Å². The third-order valence-corrected chi connectivity index (χ3v) is 3.58. The molecule has 2 nitrogen and oxygen atoms in total. The highest BCUT2D eigenvalue weighted by Gasteiger charge is 2.11. The summed E-state index contributed by atoms with van der Waals surface area (Å²) in [5.41, 5.74) is 1.02. The van der Waals surface area contributed by atoms with Crippen molar-refractivity contribution in [3.05, 3.63) is 58.1 Å². The Morgan fingerprint density at radius 3 is 2.43 bits per heavy atom. The van der Waals surface area contributed by atoms with E-state index in [-0.39, 0.29) is 0 Å². The molecule has 0 unspecified atom stereocenters. The lowest BCUT2D eigenvalue weighted by Crippen LogP contribution is -2.19. The van der Waals surface area contributed by atoms with Gasteiger partial charge in [0.15, 0.2) is 5.75 Å². The molecule has 0 spiro atoms. The van der Waals surface area contributed by atoms with E-state index >= 15 is 0 Å². The Kier molecular flexibility index (Phi) is 5.92. The second-order valence-electron chi connectivity index (χ2n) is 5.29. The molecule has 0 heterocycles. The molecule has 0 aliphatic carbocycles. The normalized spacial score (nSPS) is 10.9. The van der Waals surface area contributed by atoms with Crippen LogP contribution in [0.15, 0.2) is 42.5 Å². The van der Waals surface area contributed by atoms with Gasteiger partial charge >= 0.3 is 0 Å². The Morgan fingerprint density at radius 2 is 1.71 bits per heavy atom. The third-order valence-electron chi connectivity index (χ3n) is 2.97. The summed E-state index contributed by atoms with van der Waals surface area (Å²) in [4.78, 5) is 0. The Hall–Kier alpha value is -1.22. The molecule has 0 radical (unpaired) electrons. The third kappa shape index (κ3) is 4.63. The van der Waals surface area contributed by atoms with Crippen molar-refractivity contribution in [1.82, 2.24) is 5.32 Å². The quantitative estimate of drug-likeness (QED) is 0.754. The number of hydrogen-bond acceptors (Lipinski definition) is 2. The van der Waals surface area contributed by atoms with E-state index in [4.69, 9.17) is 27.9 Å². The second kappa shape index (κ2) is 7.69. The fourth-order valence-corrected chi connectivity index (χ4v) is 2.35. The van der Waals surface area contributed by atoms with E-state index in [1.54, 1.807) is 6.07 Å². The lowest BCUT2D eigenvalue weighted by atomic mass is 10.1. The van der Waals surface area contributed by atoms with Crippen LogP contribution in [0.4, 0.5) is 0 Å². The van der Waals surface area contributed by atoms with Gasteiger partial charge in [0.25, 0.3) is 0 Å². The maximum atomic E-state index is 6.28. The summed E-state index contributed by atoms with van der Waals surface area (Å²) in [5.74, 6) is 1.86. The van der Waals surface area contributed by atoms with Crippen LogP contribution in [-0.4, -0.2) is 6.54 Å². The average Bonchev–Trinajstić information content (AvgIpc) is 2.44. The van der Waals surface area contributed by atoms with Crippen LogP contribution in [0.3, 0.4) is 0 Å². The molecule has 0 bridgehead atoms.